The maximum Gasteiger partial charge on any atom is 0.254 e. The Balaban J connectivity index is 1.72. The smallest absolute Gasteiger partial charge is 0.254 e. The molecule has 138 valence electrons. The van der Waals surface area contributed by atoms with Gasteiger partial charge in [0.1, 0.15) is 0 Å². The molecule has 0 atom stereocenters. The molecule has 2 aromatic rings. The summed E-state index contributed by atoms with van der Waals surface area (Å²) < 4.78 is 2.06. The van der Waals surface area contributed by atoms with Crippen LogP contribution in [-0.2, 0) is 4.79 Å². The molecule has 1 aromatic heterocycles. The van der Waals surface area contributed by atoms with Crippen molar-refractivity contribution in [3.63, 3.8) is 0 Å². The van der Waals surface area contributed by atoms with Crippen LogP contribution in [0.5, 0.6) is 0 Å². The van der Waals surface area contributed by atoms with Crippen LogP contribution >= 0.6 is 23.2 Å². The third-order valence-electron chi connectivity index (χ3n) is 4.53. The first-order valence-electron chi connectivity index (χ1n) is 8.64. The van der Waals surface area contributed by atoms with E-state index in [-0.39, 0.29) is 5.91 Å². The van der Waals surface area contributed by atoms with E-state index < -0.39 is 0 Å². The molecule has 1 saturated heterocycles. The van der Waals surface area contributed by atoms with E-state index in [4.69, 9.17) is 23.2 Å². The van der Waals surface area contributed by atoms with Crippen LogP contribution in [0.15, 0.2) is 29.4 Å². The predicted octanol–water partition coefficient (Wildman–Crippen LogP) is 3.95. The van der Waals surface area contributed by atoms with Crippen molar-refractivity contribution in [1.82, 2.24) is 14.9 Å². The Morgan fingerprint density at radius 1 is 1.15 bits per heavy atom. The molecule has 1 aromatic carbocycles. The lowest BCUT2D eigenvalue weighted by Crippen LogP contribution is -2.33. The Morgan fingerprint density at radius 2 is 1.81 bits per heavy atom. The van der Waals surface area contributed by atoms with Gasteiger partial charge in [0.2, 0.25) is 0 Å². The molecule has 2 heterocycles. The number of benzene rings is 1. The second-order valence-corrected chi connectivity index (χ2v) is 7.44. The lowest BCUT2D eigenvalue weighted by atomic mass is 10.2. The third kappa shape index (κ3) is 4.47. The highest BCUT2D eigenvalue weighted by Crippen LogP contribution is 2.26. The molecule has 0 aliphatic carbocycles. The number of nitrogens with one attached hydrogen (secondary N) is 1. The first kappa shape index (κ1) is 19.0. The average molecular weight is 393 g/mol. The zero-order valence-electron chi connectivity index (χ0n) is 14.9. The highest BCUT2D eigenvalue weighted by Gasteiger charge is 2.15. The summed E-state index contributed by atoms with van der Waals surface area (Å²) in [4.78, 5) is 14.1. The fourth-order valence-electron chi connectivity index (χ4n) is 3.34. The number of hydrazone groups is 1. The normalized spacial score (nSPS) is 15.1. The molecule has 0 radical (unpaired) electrons. The van der Waals surface area contributed by atoms with E-state index in [1.807, 2.05) is 32.0 Å². The van der Waals surface area contributed by atoms with Crippen molar-refractivity contribution in [3.8, 4) is 5.69 Å². The summed E-state index contributed by atoms with van der Waals surface area (Å²) >= 11 is 12.2. The van der Waals surface area contributed by atoms with Crippen molar-refractivity contribution < 1.29 is 4.79 Å². The first-order valence-corrected chi connectivity index (χ1v) is 9.39. The van der Waals surface area contributed by atoms with Crippen LogP contribution in [0, 0.1) is 13.8 Å². The van der Waals surface area contributed by atoms with Crippen molar-refractivity contribution in [2.75, 3.05) is 19.6 Å². The van der Waals surface area contributed by atoms with E-state index in [0.29, 0.717) is 16.6 Å². The van der Waals surface area contributed by atoms with Gasteiger partial charge in [-0.05, 0) is 64.0 Å². The molecule has 7 heteroatoms. The number of rotatable bonds is 5. The van der Waals surface area contributed by atoms with Gasteiger partial charge in [-0.25, -0.2) is 5.43 Å². The zero-order valence-corrected chi connectivity index (χ0v) is 16.4. The van der Waals surface area contributed by atoms with Crippen LogP contribution < -0.4 is 5.43 Å². The summed E-state index contributed by atoms with van der Waals surface area (Å²) in [6.07, 6.45) is 4.00. The van der Waals surface area contributed by atoms with Crippen molar-refractivity contribution >= 4 is 35.3 Å². The lowest BCUT2D eigenvalue weighted by Gasteiger charge is -2.12. The maximum atomic E-state index is 11.9. The number of halogens is 2. The summed E-state index contributed by atoms with van der Waals surface area (Å²) in [6, 6.07) is 7.46. The minimum Gasteiger partial charge on any atom is -0.318 e. The molecule has 1 amide bonds. The Kier molecular flexibility index (Phi) is 6.01. The SMILES string of the molecule is Cc1cc(C=NNC(=O)CN2CCCC2)c(C)n1-c1cc(Cl)cc(Cl)c1. The highest BCUT2D eigenvalue weighted by molar-refractivity contribution is 6.34. The molecular weight excluding hydrogens is 371 g/mol. The van der Waals surface area contributed by atoms with Gasteiger partial charge in [0.05, 0.1) is 12.8 Å². The predicted molar refractivity (Wildman–Crippen MR) is 107 cm³/mol. The van der Waals surface area contributed by atoms with Crippen LogP contribution in [0.25, 0.3) is 5.69 Å². The fourth-order valence-corrected chi connectivity index (χ4v) is 3.85. The monoisotopic (exact) mass is 392 g/mol. The molecule has 5 nitrogen and oxygen atoms in total. The number of amides is 1. The third-order valence-corrected chi connectivity index (χ3v) is 4.97. The summed E-state index contributed by atoms with van der Waals surface area (Å²) in [5, 5.41) is 5.29. The van der Waals surface area contributed by atoms with E-state index in [9.17, 15) is 4.79 Å². The van der Waals surface area contributed by atoms with Crippen LogP contribution in [0.3, 0.4) is 0 Å². The average Bonchev–Trinajstić information content (AvgIpc) is 3.15. The molecule has 1 N–H and O–H groups in total. The number of nitrogens with zero attached hydrogens (tertiary/aromatic N) is 3. The van der Waals surface area contributed by atoms with Crippen LogP contribution in [0.2, 0.25) is 10.0 Å². The summed E-state index contributed by atoms with van der Waals surface area (Å²) in [5.74, 6) is -0.0846. The van der Waals surface area contributed by atoms with E-state index in [1.54, 1.807) is 12.3 Å². The maximum absolute atomic E-state index is 11.9. The van der Waals surface area contributed by atoms with Crippen molar-refractivity contribution in [1.29, 1.82) is 0 Å². The van der Waals surface area contributed by atoms with Crippen molar-refractivity contribution in [2.45, 2.75) is 26.7 Å². The second-order valence-electron chi connectivity index (χ2n) is 6.57. The number of hydrogen-bond acceptors (Lipinski definition) is 3. The van der Waals surface area contributed by atoms with Crippen LogP contribution in [-0.4, -0.2) is 41.2 Å². The molecule has 1 fully saturated rings. The summed E-state index contributed by atoms with van der Waals surface area (Å²) in [7, 11) is 0. The van der Waals surface area contributed by atoms with E-state index in [0.717, 1.165) is 48.6 Å². The summed E-state index contributed by atoms with van der Waals surface area (Å²) in [5.41, 5.74) is 6.47. The number of likely N-dealkylation sites (tertiary alicyclic amines) is 1. The zero-order chi connectivity index (χ0) is 18.7. The number of carbonyl (C=O) groups is 1. The number of aryl methyl sites for hydroxylation is 1. The number of hydrogen-bond donors (Lipinski definition) is 1. The number of aromatic nitrogens is 1. The van der Waals surface area contributed by atoms with Gasteiger partial charge in [-0.15, -0.1) is 0 Å². The van der Waals surface area contributed by atoms with E-state index in [1.165, 1.54) is 0 Å². The van der Waals surface area contributed by atoms with Gasteiger partial charge in [-0.3, -0.25) is 9.69 Å². The van der Waals surface area contributed by atoms with Crippen LogP contribution in [0.1, 0.15) is 29.8 Å². The summed E-state index contributed by atoms with van der Waals surface area (Å²) in [6.45, 7) is 6.37. The molecule has 0 spiro atoms. The molecule has 0 saturated carbocycles. The molecule has 3 rings (SSSR count). The van der Waals surface area contributed by atoms with Gasteiger partial charge in [-0.2, -0.15) is 5.10 Å². The lowest BCUT2D eigenvalue weighted by molar-refractivity contribution is -0.121. The van der Waals surface area contributed by atoms with Gasteiger partial charge in [0, 0.05) is 32.7 Å². The highest BCUT2D eigenvalue weighted by atomic mass is 35.5. The molecule has 26 heavy (non-hydrogen) atoms. The minimum absolute atomic E-state index is 0.0846. The number of carbonyl (C=O) groups excluding carboxylic acids is 1. The quantitative estimate of drug-likeness (QED) is 0.618. The Hall–Kier alpha value is -1.82. The van der Waals surface area contributed by atoms with Gasteiger partial charge >= 0.3 is 0 Å². The van der Waals surface area contributed by atoms with Gasteiger partial charge in [0.15, 0.2) is 0 Å². The molecular formula is C19H22Cl2N4O. The Morgan fingerprint density at radius 3 is 2.46 bits per heavy atom. The van der Waals surface area contributed by atoms with Crippen molar-refractivity contribution in [3.05, 3.63) is 51.3 Å². The standard InChI is InChI=1S/C19H22Cl2N4O/c1-13-7-15(11-22-23-19(26)12-24-5-3-4-6-24)14(2)25(13)18-9-16(20)8-17(21)10-18/h7-11H,3-6,12H2,1-2H3,(H,23,26). The van der Waals surface area contributed by atoms with E-state index >= 15 is 0 Å². The van der Waals surface area contributed by atoms with Gasteiger partial charge < -0.3 is 4.57 Å². The second kappa shape index (κ2) is 8.25. The first-order chi connectivity index (χ1) is 12.4. The minimum atomic E-state index is -0.0846. The molecule has 0 unspecified atom stereocenters. The molecule has 0 bridgehead atoms. The Bertz CT molecular complexity index is 818. The van der Waals surface area contributed by atoms with Gasteiger partial charge in [-0.1, -0.05) is 23.2 Å². The van der Waals surface area contributed by atoms with Gasteiger partial charge in [0.25, 0.3) is 5.91 Å². The Labute approximate surface area is 163 Å². The largest absolute Gasteiger partial charge is 0.318 e. The topological polar surface area (TPSA) is 49.6 Å². The van der Waals surface area contributed by atoms with Crippen molar-refractivity contribution in [2.24, 2.45) is 5.10 Å². The van der Waals surface area contributed by atoms with Crippen LogP contribution in [0.4, 0.5) is 0 Å². The molecule has 1 aliphatic heterocycles. The fraction of sp³-hybridized carbons (Fsp3) is 0.368. The molecule has 1 aliphatic rings. The van der Waals surface area contributed by atoms with E-state index in [2.05, 4.69) is 20.0 Å².